The van der Waals surface area contributed by atoms with Gasteiger partial charge in [0.2, 0.25) is 5.91 Å². The van der Waals surface area contributed by atoms with E-state index in [9.17, 15) is 4.79 Å². The average molecular weight is 311 g/mol. The van der Waals surface area contributed by atoms with E-state index in [0.29, 0.717) is 13.0 Å². The molecule has 0 spiro atoms. The summed E-state index contributed by atoms with van der Waals surface area (Å²) in [7, 11) is 0. The van der Waals surface area contributed by atoms with Crippen molar-refractivity contribution in [3.63, 3.8) is 0 Å². The highest BCUT2D eigenvalue weighted by molar-refractivity contribution is 5.89. The molecular formula is C19H25N3O. The van der Waals surface area contributed by atoms with Gasteiger partial charge in [0.15, 0.2) is 0 Å². The van der Waals surface area contributed by atoms with Crippen molar-refractivity contribution in [2.45, 2.75) is 51.5 Å². The molecule has 1 aromatic heterocycles. The highest BCUT2D eigenvalue weighted by Crippen LogP contribution is 2.27. The largest absolute Gasteiger partial charge is 0.311 e. The van der Waals surface area contributed by atoms with Crippen molar-refractivity contribution < 1.29 is 4.79 Å². The molecule has 2 aromatic rings. The molecule has 4 heteroatoms. The maximum Gasteiger partial charge on any atom is 0.225 e. The Labute approximate surface area is 137 Å². The van der Waals surface area contributed by atoms with Gasteiger partial charge in [0.25, 0.3) is 0 Å². The van der Waals surface area contributed by atoms with Crippen molar-refractivity contribution in [2.24, 2.45) is 5.92 Å². The minimum absolute atomic E-state index is 0.102. The summed E-state index contributed by atoms with van der Waals surface area (Å²) in [4.78, 5) is 12.2. The number of carbonyl (C=O) groups is 1. The first-order valence-corrected chi connectivity index (χ1v) is 8.67. The van der Waals surface area contributed by atoms with Gasteiger partial charge < -0.3 is 5.32 Å². The van der Waals surface area contributed by atoms with Gasteiger partial charge in [0.1, 0.15) is 5.82 Å². The number of hydrogen-bond acceptors (Lipinski definition) is 2. The van der Waals surface area contributed by atoms with Gasteiger partial charge in [-0.25, -0.2) is 4.68 Å². The Hall–Kier alpha value is -2.10. The topological polar surface area (TPSA) is 46.9 Å². The zero-order valence-electron chi connectivity index (χ0n) is 13.6. The predicted molar refractivity (Wildman–Crippen MR) is 92.2 cm³/mol. The molecule has 0 radical (unpaired) electrons. The fourth-order valence-corrected chi connectivity index (χ4v) is 3.34. The van der Waals surface area contributed by atoms with Crippen molar-refractivity contribution in [2.75, 3.05) is 5.32 Å². The molecule has 1 fully saturated rings. The smallest absolute Gasteiger partial charge is 0.225 e. The first-order chi connectivity index (χ1) is 11.3. The summed E-state index contributed by atoms with van der Waals surface area (Å²) >= 11 is 0. The Morgan fingerprint density at radius 2 is 1.91 bits per heavy atom. The molecule has 1 N–H and O–H groups in total. The van der Waals surface area contributed by atoms with Gasteiger partial charge in [0.05, 0.1) is 12.7 Å². The summed E-state index contributed by atoms with van der Waals surface area (Å²) in [5.74, 6) is 1.62. The number of nitrogens with one attached hydrogen (secondary N) is 1. The van der Waals surface area contributed by atoms with Crippen LogP contribution >= 0.6 is 0 Å². The van der Waals surface area contributed by atoms with E-state index in [-0.39, 0.29) is 5.91 Å². The minimum atomic E-state index is 0.102. The maximum atomic E-state index is 12.2. The summed E-state index contributed by atoms with van der Waals surface area (Å²) in [6, 6.07) is 12.0. The van der Waals surface area contributed by atoms with Crippen LogP contribution in [0.2, 0.25) is 0 Å². The molecule has 1 heterocycles. The summed E-state index contributed by atoms with van der Waals surface area (Å²) in [5, 5.41) is 7.33. The summed E-state index contributed by atoms with van der Waals surface area (Å²) in [6.07, 6.45) is 9.96. The normalized spacial score (nSPS) is 15.5. The van der Waals surface area contributed by atoms with E-state index in [0.717, 1.165) is 18.2 Å². The molecule has 0 aliphatic heterocycles. The molecule has 1 aliphatic carbocycles. The summed E-state index contributed by atoms with van der Waals surface area (Å²) in [6.45, 7) is 0.673. The molecule has 0 saturated heterocycles. The monoisotopic (exact) mass is 311 g/mol. The van der Waals surface area contributed by atoms with Gasteiger partial charge in [-0.15, -0.1) is 0 Å². The van der Waals surface area contributed by atoms with Crippen LogP contribution in [0.5, 0.6) is 0 Å². The Morgan fingerprint density at radius 3 is 2.70 bits per heavy atom. The Bertz CT molecular complexity index is 615. The number of anilines is 1. The quantitative estimate of drug-likeness (QED) is 0.867. The lowest BCUT2D eigenvalue weighted by Gasteiger charge is -2.21. The van der Waals surface area contributed by atoms with Gasteiger partial charge in [-0.3, -0.25) is 4.79 Å². The maximum absolute atomic E-state index is 12.2. The number of amides is 1. The standard InChI is InChI=1S/C19H25N3O/c23-19(12-11-16-7-3-1-4-8-16)21-18-13-14-20-22(18)15-17-9-5-2-6-10-17/h2,5-6,9-10,13-14,16H,1,3-4,7-8,11-12,15H2,(H,21,23). The lowest BCUT2D eigenvalue weighted by molar-refractivity contribution is -0.116. The molecule has 0 bridgehead atoms. The highest BCUT2D eigenvalue weighted by atomic mass is 16.1. The second-order valence-electron chi connectivity index (χ2n) is 6.45. The Kier molecular flexibility index (Phi) is 5.46. The number of carbonyl (C=O) groups excluding carboxylic acids is 1. The third-order valence-corrected chi connectivity index (χ3v) is 4.66. The van der Waals surface area contributed by atoms with Gasteiger partial charge in [-0.2, -0.15) is 5.10 Å². The van der Waals surface area contributed by atoms with Crippen LogP contribution in [-0.4, -0.2) is 15.7 Å². The molecule has 0 unspecified atom stereocenters. The molecule has 1 saturated carbocycles. The van der Waals surface area contributed by atoms with E-state index in [1.807, 2.05) is 28.9 Å². The van der Waals surface area contributed by atoms with Crippen molar-refractivity contribution in [1.82, 2.24) is 9.78 Å². The average Bonchev–Trinajstić information content (AvgIpc) is 3.02. The van der Waals surface area contributed by atoms with E-state index >= 15 is 0 Å². The van der Waals surface area contributed by atoms with E-state index in [2.05, 4.69) is 22.5 Å². The first-order valence-electron chi connectivity index (χ1n) is 8.67. The van der Waals surface area contributed by atoms with Crippen LogP contribution in [-0.2, 0) is 11.3 Å². The van der Waals surface area contributed by atoms with Crippen LogP contribution in [0.1, 0.15) is 50.5 Å². The second kappa shape index (κ2) is 7.95. The van der Waals surface area contributed by atoms with E-state index in [1.54, 1.807) is 6.20 Å². The SMILES string of the molecule is O=C(CCC1CCCCC1)Nc1ccnn1Cc1ccccc1. The second-order valence-corrected chi connectivity index (χ2v) is 6.45. The number of nitrogens with zero attached hydrogens (tertiary/aromatic N) is 2. The van der Waals surface area contributed by atoms with Crippen LogP contribution in [0, 0.1) is 5.92 Å². The number of rotatable bonds is 6. The lowest BCUT2D eigenvalue weighted by atomic mass is 9.86. The van der Waals surface area contributed by atoms with Crippen molar-refractivity contribution in [1.29, 1.82) is 0 Å². The zero-order chi connectivity index (χ0) is 15.9. The predicted octanol–water partition coefficient (Wildman–Crippen LogP) is 4.23. The molecular weight excluding hydrogens is 286 g/mol. The van der Waals surface area contributed by atoms with Crippen LogP contribution < -0.4 is 5.32 Å². The van der Waals surface area contributed by atoms with E-state index in [4.69, 9.17) is 0 Å². The highest BCUT2D eigenvalue weighted by Gasteiger charge is 2.15. The Balaban J connectivity index is 1.51. The molecule has 23 heavy (non-hydrogen) atoms. The summed E-state index contributed by atoms with van der Waals surface area (Å²) < 4.78 is 1.84. The third kappa shape index (κ3) is 4.68. The minimum Gasteiger partial charge on any atom is -0.311 e. The van der Waals surface area contributed by atoms with Crippen molar-refractivity contribution in [3.8, 4) is 0 Å². The number of benzene rings is 1. The molecule has 3 rings (SSSR count). The molecule has 0 atom stereocenters. The fourth-order valence-electron chi connectivity index (χ4n) is 3.34. The van der Waals surface area contributed by atoms with Gasteiger partial charge in [-0.05, 0) is 17.9 Å². The first kappa shape index (κ1) is 15.8. The zero-order valence-corrected chi connectivity index (χ0v) is 13.6. The van der Waals surface area contributed by atoms with Crippen molar-refractivity contribution >= 4 is 11.7 Å². The molecule has 122 valence electrons. The number of hydrogen-bond donors (Lipinski definition) is 1. The lowest BCUT2D eigenvalue weighted by Crippen LogP contribution is -2.17. The third-order valence-electron chi connectivity index (χ3n) is 4.66. The molecule has 1 amide bonds. The molecule has 1 aliphatic rings. The molecule has 1 aromatic carbocycles. The van der Waals surface area contributed by atoms with E-state index < -0.39 is 0 Å². The van der Waals surface area contributed by atoms with Crippen molar-refractivity contribution in [3.05, 3.63) is 48.2 Å². The number of aromatic nitrogens is 2. The van der Waals surface area contributed by atoms with Gasteiger partial charge in [0, 0.05) is 12.5 Å². The Morgan fingerprint density at radius 1 is 1.13 bits per heavy atom. The molecule has 4 nitrogen and oxygen atoms in total. The van der Waals surface area contributed by atoms with Crippen LogP contribution in [0.15, 0.2) is 42.6 Å². The van der Waals surface area contributed by atoms with Crippen LogP contribution in [0.25, 0.3) is 0 Å². The fraction of sp³-hybridized carbons (Fsp3) is 0.474. The van der Waals surface area contributed by atoms with Crippen LogP contribution in [0.3, 0.4) is 0 Å². The van der Waals surface area contributed by atoms with Gasteiger partial charge >= 0.3 is 0 Å². The van der Waals surface area contributed by atoms with Crippen LogP contribution in [0.4, 0.5) is 5.82 Å². The van der Waals surface area contributed by atoms with Gasteiger partial charge in [-0.1, -0.05) is 62.4 Å². The van der Waals surface area contributed by atoms with E-state index in [1.165, 1.54) is 37.7 Å². The summed E-state index contributed by atoms with van der Waals surface area (Å²) in [5.41, 5.74) is 1.17.